The van der Waals surface area contributed by atoms with Gasteiger partial charge in [0.15, 0.2) is 9.84 Å². The van der Waals surface area contributed by atoms with Crippen LogP contribution in [0.15, 0.2) is 23.1 Å². The van der Waals surface area contributed by atoms with Gasteiger partial charge in [-0.15, -0.1) is 12.4 Å². The van der Waals surface area contributed by atoms with Gasteiger partial charge in [0.25, 0.3) is 0 Å². The van der Waals surface area contributed by atoms with Crippen LogP contribution in [-0.2, 0) is 9.84 Å². The molecule has 1 aliphatic rings. The first-order valence-corrected chi connectivity index (χ1v) is 8.21. The summed E-state index contributed by atoms with van der Waals surface area (Å²) in [6.45, 7) is 3.75. The van der Waals surface area contributed by atoms with Gasteiger partial charge in [-0.3, -0.25) is 0 Å². The van der Waals surface area contributed by atoms with Crippen molar-refractivity contribution in [1.82, 2.24) is 5.32 Å². The fraction of sp³-hybridized carbons (Fsp3) is 0.500. The van der Waals surface area contributed by atoms with Crippen LogP contribution in [0.5, 0.6) is 0 Å². The number of hydrogen-bond acceptors (Lipinski definition) is 4. The quantitative estimate of drug-likeness (QED) is 0.903. The van der Waals surface area contributed by atoms with Gasteiger partial charge in [-0.2, -0.15) is 0 Å². The minimum atomic E-state index is -3.20. The van der Waals surface area contributed by atoms with Crippen LogP contribution in [0.25, 0.3) is 0 Å². The van der Waals surface area contributed by atoms with E-state index in [-0.39, 0.29) is 17.3 Å². The lowest BCUT2D eigenvalue weighted by molar-refractivity contribution is 0.602. The van der Waals surface area contributed by atoms with Gasteiger partial charge in [-0.25, -0.2) is 8.42 Å². The van der Waals surface area contributed by atoms with Gasteiger partial charge in [0, 0.05) is 25.9 Å². The fourth-order valence-electron chi connectivity index (χ4n) is 2.06. The fourth-order valence-corrected chi connectivity index (χ4v) is 3.07. The molecule has 7 heteroatoms. The van der Waals surface area contributed by atoms with Crippen molar-refractivity contribution >= 4 is 39.5 Å². The molecular formula is C12H18Cl2N2O2S. The molecular weight excluding hydrogens is 307 g/mol. The zero-order valence-corrected chi connectivity index (χ0v) is 13.1. The molecule has 0 bridgehead atoms. The molecule has 0 unspecified atom stereocenters. The summed E-state index contributed by atoms with van der Waals surface area (Å²) in [6, 6.07) is 4.95. The third-order valence-electron chi connectivity index (χ3n) is 3.03. The second-order valence-corrected chi connectivity index (χ2v) is 6.90. The Bertz CT molecular complexity index is 527. The molecule has 19 heavy (non-hydrogen) atoms. The number of nitrogens with zero attached hydrogens (tertiary/aromatic N) is 1. The normalized spacial score (nSPS) is 16.6. The molecule has 1 fully saturated rings. The van der Waals surface area contributed by atoms with Crippen LogP contribution in [0.2, 0.25) is 5.02 Å². The van der Waals surface area contributed by atoms with Crippen LogP contribution in [0.4, 0.5) is 5.69 Å². The highest BCUT2D eigenvalue weighted by Gasteiger charge is 2.15. The van der Waals surface area contributed by atoms with E-state index in [0.29, 0.717) is 5.02 Å². The summed E-state index contributed by atoms with van der Waals surface area (Å²) in [5.74, 6) is 0. The van der Waals surface area contributed by atoms with Gasteiger partial charge in [0.2, 0.25) is 0 Å². The van der Waals surface area contributed by atoms with Gasteiger partial charge in [0.1, 0.15) is 0 Å². The summed E-state index contributed by atoms with van der Waals surface area (Å²) >= 11 is 6.20. The van der Waals surface area contributed by atoms with Gasteiger partial charge >= 0.3 is 0 Å². The molecule has 1 aliphatic heterocycles. The van der Waals surface area contributed by atoms with Crippen molar-refractivity contribution in [1.29, 1.82) is 0 Å². The molecule has 0 aromatic heterocycles. The monoisotopic (exact) mass is 324 g/mol. The summed E-state index contributed by atoms with van der Waals surface area (Å²) in [4.78, 5) is 2.46. The predicted molar refractivity (Wildman–Crippen MR) is 81.5 cm³/mol. The molecule has 1 saturated heterocycles. The Balaban J connectivity index is 0.00000180. The Kier molecular flexibility index (Phi) is 5.92. The number of benzene rings is 1. The maximum atomic E-state index is 11.4. The minimum absolute atomic E-state index is 0. The first kappa shape index (κ1) is 16.6. The van der Waals surface area contributed by atoms with Crippen LogP contribution in [0.3, 0.4) is 0 Å². The smallest absolute Gasteiger partial charge is 0.175 e. The van der Waals surface area contributed by atoms with Crippen molar-refractivity contribution in [3.63, 3.8) is 0 Å². The second-order valence-electron chi connectivity index (χ2n) is 4.48. The predicted octanol–water partition coefficient (Wildman–Crippen LogP) is 1.97. The lowest BCUT2D eigenvalue weighted by Crippen LogP contribution is -2.28. The van der Waals surface area contributed by atoms with Crippen molar-refractivity contribution in [2.24, 2.45) is 0 Å². The average Bonchev–Trinajstić information content (AvgIpc) is 2.56. The molecule has 0 radical (unpaired) electrons. The SMILES string of the molecule is CS(=O)(=O)c1ccc(N2CCCNCC2)c(Cl)c1.Cl. The van der Waals surface area contributed by atoms with E-state index in [0.717, 1.165) is 38.3 Å². The molecule has 1 aromatic rings. The van der Waals surface area contributed by atoms with Crippen LogP contribution in [-0.4, -0.2) is 40.9 Å². The zero-order valence-electron chi connectivity index (χ0n) is 10.7. The topological polar surface area (TPSA) is 49.4 Å². The Morgan fingerprint density at radius 1 is 1.26 bits per heavy atom. The van der Waals surface area contributed by atoms with Crippen molar-refractivity contribution in [2.45, 2.75) is 11.3 Å². The highest BCUT2D eigenvalue weighted by Crippen LogP contribution is 2.28. The number of anilines is 1. The summed E-state index contributed by atoms with van der Waals surface area (Å²) in [6.07, 6.45) is 2.25. The highest BCUT2D eigenvalue weighted by atomic mass is 35.5. The van der Waals surface area contributed by atoms with Gasteiger partial charge in [-0.05, 0) is 31.2 Å². The van der Waals surface area contributed by atoms with Gasteiger partial charge in [0.05, 0.1) is 15.6 Å². The molecule has 1 aromatic carbocycles. The molecule has 0 amide bonds. The van der Waals surface area contributed by atoms with E-state index in [1.165, 1.54) is 12.3 Å². The Hall–Kier alpha value is -0.490. The molecule has 0 spiro atoms. The van der Waals surface area contributed by atoms with E-state index in [2.05, 4.69) is 10.2 Å². The van der Waals surface area contributed by atoms with Crippen molar-refractivity contribution in [3.05, 3.63) is 23.2 Å². The van der Waals surface area contributed by atoms with Crippen molar-refractivity contribution in [3.8, 4) is 0 Å². The molecule has 4 nitrogen and oxygen atoms in total. The maximum Gasteiger partial charge on any atom is 0.175 e. The number of sulfone groups is 1. The Labute approximate surface area is 125 Å². The standard InChI is InChI=1S/C12H17ClN2O2S.ClH/c1-18(16,17)10-3-4-12(11(13)9-10)15-7-2-5-14-6-8-15;/h3-4,9,14H,2,5-8H2,1H3;1H. The highest BCUT2D eigenvalue weighted by molar-refractivity contribution is 7.90. The van der Waals surface area contributed by atoms with Crippen molar-refractivity contribution in [2.75, 3.05) is 37.3 Å². The zero-order chi connectivity index (χ0) is 13.2. The van der Waals surface area contributed by atoms with E-state index in [9.17, 15) is 8.42 Å². The van der Waals surface area contributed by atoms with E-state index < -0.39 is 9.84 Å². The molecule has 0 aliphatic carbocycles. The van der Waals surface area contributed by atoms with Crippen LogP contribution >= 0.6 is 24.0 Å². The Morgan fingerprint density at radius 3 is 2.63 bits per heavy atom. The molecule has 2 rings (SSSR count). The van der Waals surface area contributed by atoms with Gasteiger partial charge < -0.3 is 10.2 Å². The average molecular weight is 325 g/mol. The number of halogens is 2. The van der Waals surface area contributed by atoms with E-state index in [1.807, 2.05) is 0 Å². The van der Waals surface area contributed by atoms with Crippen LogP contribution < -0.4 is 10.2 Å². The van der Waals surface area contributed by atoms with Crippen LogP contribution in [0, 0.1) is 0 Å². The molecule has 0 atom stereocenters. The lowest BCUT2D eigenvalue weighted by atomic mass is 10.2. The van der Waals surface area contributed by atoms with Gasteiger partial charge in [-0.1, -0.05) is 11.6 Å². The number of nitrogens with one attached hydrogen (secondary N) is 1. The first-order chi connectivity index (χ1) is 8.48. The van der Waals surface area contributed by atoms with Crippen LogP contribution in [0.1, 0.15) is 6.42 Å². The first-order valence-electron chi connectivity index (χ1n) is 5.94. The Morgan fingerprint density at radius 2 is 2.00 bits per heavy atom. The summed E-state index contributed by atoms with van der Waals surface area (Å²) < 4.78 is 22.9. The molecule has 0 saturated carbocycles. The van der Waals surface area contributed by atoms with E-state index in [1.54, 1.807) is 12.1 Å². The number of rotatable bonds is 2. The molecule has 108 valence electrons. The molecule has 1 heterocycles. The summed E-state index contributed by atoms with van der Waals surface area (Å²) in [7, 11) is -3.20. The lowest BCUT2D eigenvalue weighted by Gasteiger charge is -2.23. The minimum Gasteiger partial charge on any atom is -0.369 e. The van der Waals surface area contributed by atoms with Crippen molar-refractivity contribution < 1.29 is 8.42 Å². The van der Waals surface area contributed by atoms with E-state index in [4.69, 9.17) is 11.6 Å². The third kappa shape index (κ3) is 4.24. The molecule has 1 N–H and O–H groups in total. The van der Waals surface area contributed by atoms with E-state index >= 15 is 0 Å². The second kappa shape index (κ2) is 6.79. The third-order valence-corrected chi connectivity index (χ3v) is 4.44. The largest absolute Gasteiger partial charge is 0.369 e. The summed E-state index contributed by atoms with van der Waals surface area (Å²) in [5, 5.41) is 3.82. The summed E-state index contributed by atoms with van der Waals surface area (Å²) in [5.41, 5.74) is 0.910. The maximum absolute atomic E-state index is 11.4. The number of hydrogen-bond donors (Lipinski definition) is 1.